The van der Waals surface area contributed by atoms with Gasteiger partial charge >= 0.3 is 5.97 Å². The first-order valence-electron chi connectivity index (χ1n) is 10.5. The van der Waals surface area contributed by atoms with Crippen molar-refractivity contribution in [2.75, 3.05) is 4.90 Å². The van der Waals surface area contributed by atoms with E-state index in [0.717, 1.165) is 32.1 Å². The summed E-state index contributed by atoms with van der Waals surface area (Å²) in [5.41, 5.74) is 1.03. The zero-order chi connectivity index (χ0) is 19.0. The lowest BCUT2D eigenvalue weighted by atomic mass is 9.63. The lowest BCUT2D eigenvalue weighted by molar-refractivity contribution is -0.124. The molecule has 1 aromatic carbocycles. The fourth-order valence-corrected chi connectivity index (χ4v) is 6.18. The summed E-state index contributed by atoms with van der Waals surface area (Å²) in [6, 6.07) is 6.74. The molecule has 2 amide bonds. The van der Waals surface area contributed by atoms with Gasteiger partial charge in [-0.1, -0.05) is 12.2 Å². The zero-order valence-corrected chi connectivity index (χ0v) is 15.6. The molecule has 5 heteroatoms. The molecule has 5 nitrogen and oxygen atoms in total. The first-order valence-corrected chi connectivity index (χ1v) is 10.5. The van der Waals surface area contributed by atoms with Crippen molar-refractivity contribution >= 4 is 23.5 Å². The maximum absolute atomic E-state index is 13.1. The second kappa shape index (κ2) is 5.79. The number of rotatable bonds is 3. The molecule has 1 aliphatic heterocycles. The molecule has 6 atom stereocenters. The van der Waals surface area contributed by atoms with Crippen molar-refractivity contribution in [3.05, 3.63) is 42.0 Å². The van der Waals surface area contributed by atoms with E-state index in [9.17, 15) is 14.4 Å². The maximum Gasteiger partial charge on any atom is 0.338 e. The van der Waals surface area contributed by atoms with Crippen LogP contribution in [0.4, 0.5) is 5.69 Å². The van der Waals surface area contributed by atoms with Crippen molar-refractivity contribution < 1.29 is 19.1 Å². The number of benzene rings is 1. The first-order chi connectivity index (χ1) is 13.6. The molecule has 5 aliphatic carbocycles. The van der Waals surface area contributed by atoms with Crippen LogP contribution in [0.25, 0.3) is 0 Å². The van der Waals surface area contributed by atoms with Crippen LogP contribution in [0.2, 0.25) is 0 Å². The largest absolute Gasteiger partial charge is 0.459 e. The van der Waals surface area contributed by atoms with Crippen molar-refractivity contribution in [1.29, 1.82) is 0 Å². The minimum atomic E-state index is -0.325. The third-order valence-electron chi connectivity index (χ3n) is 7.60. The number of nitrogens with zero attached hydrogens (tertiary/aromatic N) is 1. The standard InChI is InChI=1S/C23H23NO4/c25-21-19-15-9-10-16(18-11-17(15)18)20(19)22(26)24(21)13-7-5-12(6-8-13)23(27)28-14-3-1-2-4-14/h5-10,14-20H,1-4,11H2/t15-,16-,17-,18+,19-,20-/m1/s1. The van der Waals surface area contributed by atoms with E-state index < -0.39 is 0 Å². The van der Waals surface area contributed by atoms with Crippen molar-refractivity contribution in [3.63, 3.8) is 0 Å². The fourth-order valence-electron chi connectivity index (χ4n) is 6.18. The van der Waals surface area contributed by atoms with E-state index in [0.29, 0.717) is 23.1 Å². The molecule has 0 unspecified atom stereocenters. The molecule has 0 spiro atoms. The minimum Gasteiger partial charge on any atom is -0.459 e. The van der Waals surface area contributed by atoms with Crippen molar-refractivity contribution in [3.8, 4) is 0 Å². The average Bonchev–Trinajstić information content (AvgIpc) is 3.32. The quantitative estimate of drug-likeness (QED) is 0.460. The molecular weight excluding hydrogens is 354 g/mol. The number of hydrogen-bond donors (Lipinski definition) is 0. The molecule has 2 bridgehead atoms. The normalized spacial score (nSPS) is 37.9. The van der Waals surface area contributed by atoms with Crippen LogP contribution in [-0.2, 0) is 14.3 Å². The summed E-state index contributed by atoms with van der Waals surface area (Å²) in [4.78, 5) is 40.0. The van der Waals surface area contributed by atoms with Crippen molar-refractivity contribution in [2.24, 2.45) is 35.5 Å². The zero-order valence-electron chi connectivity index (χ0n) is 15.6. The van der Waals surface area contributed by atoms with Gasteiger partial charge in [-0.2, -0.15) is 0 Å². The van der Waals surface area contributed by atoms with Crippen LogP contribution in [0.3, 0.4) is 0 Å². The Kier molecular flexibility index (Phi) is 3.41. The number of carbonyl (C=O) groups excluding carboxylic acids is 3. The summed E-state index contributed by atoms with van der Waals surface area (Å²) < 4.78 is 5.54. The Morgan fingerprint density at radius 3 is 2.04 bits per heavy atom. The number of allylic oxidation sites excluding steroid dienone is 2. The Labute approximate surface area is 163 Å². The summed E-state index contributed by atoms with van der Waals surface area (Å²) in [5.74, 6) is 0.789. The van der Waals surface area contributed by atoms with Crippen LogP contribution in [0.5, 0.6) is 0 Å². The number of amides is 2. The second-order valence-corrected chi connectivity index (χ2v) is 9.03. The third kappa shape index (κ3) is 2.22. The molecule has 6 aliphatic rings. The van der Waals surface area contributed by atoms with Crippen LogP contribution >= 0.6 is 0 Å². The Morgan fingerprint density at radius 2 is 1.46 bits per heavy atom. The first kappa shape index (κ1) is 16.5. The molecule has 0 aromatic heterocycles. The maximum atomic E-state index is 13.1. The van der Waals surface area contributed by atoms with E-state index in [2.05, 4.69) is 12.2 Å². The lowest BCUT2D eigenvalue weighted by Gasteiger charge is -2.37. The van der Waals surface area contributed by atoms with Gasteiger partial charge in [0.05, 0.1) is 23.1 Å². The van der Waals surface area contributed by atoms with Gasteiger partial charge in [-0.25, -0.2) is 4.79 Å². The van der Waals surface area contributed by atoms with E-state index in [1.54, 1.807) is 24.3 Å². The van der Waals surface area contributed by atoms with Gasteiger partial charge in [0.1, 0.15) is 6.10 Å². The molecule has 4 fully saturated rings. The fraction of sp³-hybridized carbons (Fsp3) is 0.522. The van der Waals surface area contributed by atoms with Crippen molar-refractivity contribution in [1.82, 2.24) is 0 Å². The Bertz CT molecular complexity index is 862. The number of esters is 1. The highest BCUT2D eigenvalue weighted by molar-refractivity contribution is 6.22. The van der Waals surface area contributed by atoms with Crippen LogP contribution in [0.1, 0.15) is 42.5 Å². The molecule has 0 radical (unpaired) electrons. The number of hydrogen-bond acceptors (Lipinski definition) is 4. The summed E-state index contributed by atoms with van der Waals surface area (Å²) >= 11 is 0. The van der Waals surface area contributed by atoms with E-state index >= 15 is 0 Å². The molecule has 1 heterocycles. The summed E-state index contributed by atoms with van der Waals surface area (Å²) in [6.45, 7) is 0. The molecule has 1 saturated heterocycles. The molecule has 0 N–H and O–H groups in total. The van der Waals surface area contributed by atoms with Crippen molar-refractivity contribution in [2.45, 2.75) is 38.2 Å². The second-order valence-electron chi connectivity index (χ2n) is 9.03. The van der Waals surface area contributed by atoms with Crippen LogP contribution in [-0.4, -0.2) is 23.9 Å². The van der Waals surface area contributed by atoms with E-state index in [1.807, 2.05) is 0 Å². The van der Waals surface area contributed by atoms with E-state index in [-0.39, 0.29) is 47.6 Å². The number of carbonyl (C=O) groups is 3. The van der Waals surface area contributed by atoms with E-state index in [1.165, 1.54) is 4.90 Å². The predicted octanol–water partition coefficient (Wildman–Crippen LogP) is 3.34. The van der Waals surface area contributed by atoms with Crippen LogP contribution in [0.15, 0.2) is 36.4 Å². The summed E-state index contributed by atoms with van der Waals surface area (Å²) in [5, 5.41) is 0. The molecule has 7 rings (SSSR count). The molecular formula is C23H23NO4. The number of anilines is 1. The van der Waals surface area contributed by atoms with Crippen LogP contribution in [0, 0.1) is 35.5 Å². The smallest absolute Gasteiger partial charge is 0.338 e. The highest BCUT2D eigenvalue weighted by Crippen LogP contribution is 2.65. The predicted molar refractivity (Wildman–Crippen MR) is 101 cm³/mol. The summed E-state index contributed by atoms with van der Waals surface area (Å²) in [6.07, 6.45) is 9.62. The minimum absolute atomic E-state index is 0.0199. The van der Waals surface area contributed by atoms with Crippen LogP contribution < -0.4 is 4.90 Å². The third-order valence-corrected chi connectivity index (χ3v) is 7.60. The number of ether oxygens (including phenoxy) is 1. The van der Waals surface area contributed by atoms with Gasteiger partial charge in [-0.15, -0.1) is 0 Å². The van der Waals surface area contributed by atoms with Gasteiger partial charge in [-0.05, 0) is 80.0 Å². The van der Waals surface area contributed by atoms with E-state index in [4.69, 9.17) is 4.74 Å². The molecule has 28 heavy (non-hydrogen) atoms. The van der Waals surface area contributed by atoms with Gasteiger partial charge < -0.3 is 4.74 Å². The highest BCUT2D eigenvalue weighted by Gasteiger charge is 2.67. The topological polar surface area (TPSA) is 63.7 Å². The number of imide groups is 1. The average molecular weight is 377 g/mol. The van der Waals surface area contributed by atoms with Gasteiger partial charge in [-0.3, -0.25) is 14.5 Å². The van der Waals surface area contributed by atoms with Gasteiger partial charge in [0, 0.05) is 0 Å². The van der Waals surface area contributed by atoms with Gasteiger partial charge in [0.25, 0.3) is 0 Å². The highest BCUT2D eigenvalue weighted by atomic mass is 16.5. The lowest BCUT2D eigenvalue weighted by Crippen LogP contribution is -2.40. The summed E-state index contributed by atoms with van der Waals surface area (Å²) in [7, 11) is 0. The molecule has 144 valence electrons. The van der Waals surface area contributed by atoms with Gasteiger partial charge in [0.2, 0.25) is 11.8 Å². The molecule has 3 saturated carbocycles. The SMILES string of the molecule is O=C(OC1CCCC1)c1ccc(N2C(=O)[C@@H]3[C@@H]4C=C[C@H]([C@@H]5C[C@H]45)[C@H]3C2=O)cc1. The Morgan fingerprint density at radius 1 is 0.893 bits per heavy atom. The molecule has 1 aromatic rings. The Hall–Kier alpha value is -2.43. The monoisotopic (exact) mass is 377 g/mol. The van der Waals surface area contributed by atoms with Gasteiger partial charge in [0.15, 0.2) is 0 Å². The Balaban J connectivity index is 1.23.